The second-order valence-electron chi connectivity index (χ2n) is 4.57. The number of ketones is 1. The molecule has 5 heteroatoms. The topological polar surface area (TPSA) is 83.2 Å². The van der Waals surface area contributed by atoms with Crippen LogP contribution in [-0.4, -0.2) is 11.8 Å². The van der Waals surface area contributed by atoms with Crippen molar-refractivity contribution in [2.45, 2.75) is 13.3 Å². The van der Waals surface area contributed by atoms with E-state index in [2.05, 4.69) is 0 Å². The molecule has 0 atom stereocenters. The van der Waals surface area contributed by atoms with Gasteiger partial charge >= 0.3 is 29.6 Å². The minimum atomic E-state index is -1.22. The van der Waals surface area contributed by atoms with Crippen LogP contribution < -0.4 is 40.4 Å². The number of carbonyl (C=O) groups is 2. The van der Waals surface area contributed by atoms with E-state index in [0.717, 1.165) is 5.56 Å². The van der Waals surface area contributed by atoms with E-state index >= 15 is 0 Å². The van der Waals surface area contributed by atoms with Crippen molar-refractivity contribution in [3.63, 3.8) is 0 Å². The minimum absolute atomic E-state index is 0. The van der Waals surface area contributed by atoms with Gasteiger partial charge in [-0.2, -0.15) is 0 Å². The minimum Gasteiger partial charge on any atom is -0.550 e. The van der Waals surface area contributed by atoms with Gasteiger partial charge in [-0.3, -0.25) is 4.79 Å². The number of carboxylic acids is 1. The van der Waals surface area contributed by atoms with Gasteiger partial charge in [0.25, 0.3) is 0 Å². The molecule has 0 aliphatic heterocycles. The number of hydrogen-bond donors (Lipinski definition) is 1. The fraction of sp³-hybridized carbons (Fsp3) is 0.125. The number of aliphatic carboxylic acids is 1. The van der Waals surface area contributed by atoms with E-state index in [4.69, 9.17) is 5.73 Å². The van der Waals surface area contributed by atoms with Crippen molar-refractivity contribution in [2.75, 3.05) is 5.73 Å². The summed E-state index contributed by atoms with van der Waals surface area (Å²) in [5, 5.41) is 10.7. The van der Waals surface area contributed by atoms with Crippen LogP contribution in [0.5, 0.6) is 0 Å². The molecule has 21 heavy (non-hydrogen) atoms. The molecule has 2 N–H and O–H groups in total. The zero-order chi connectivity index (χ0) is 14.7. The summed E-state index contributed by atoms with van der Waals surface area (Å²) in [5.74, 6) is -1.43. The van der Waals surface area contributed by atoms with Crippen molar-refractivity contribution in [1.29, 1.82) is 0 Å². The molecule has 0 spiro atoms. The summed E-state index contributed by atoms with van der Waals surface area (Å²) in [6, 6.07) is 12.1. The molecule has 0 fully saturated rings. The molecular formula is C16H14NNaO3. The Bertz CT molecular complexity index is 669. The van der Waals surface area contributed by atoms with Crippen molar-refractivity contribution in [2.24, 2.45) is 0 Å². The summed E-state index contributed by atoms with van der Waals surface area (Å²) in [4.78, 5) is 23.2. The van der Waals surface area contributed by atoms with Crippen LogP contribution in [0.4, 0.5) is 5.69 Å². The molecule has 0 bridgehead atoms. The predicted molar refractivity (Wildman–Crippen MR) is 74.2 cm³/mol. The molecular weight excluding hydrogens is 277 g/mol. The Morgan fingerprint density at radius 3 is 2.29 bits per heavy atom. The summed E-state index contributed by atoms with van der Waals surface area (Å²) in [7, 11) is 0. The Morgan fingerprint density at radius 1 is 1.10 bits per heavy atom. The van der Waals surface area contributed by atoms with Gasteiger partial charge < -0.3 is 15.6 Å². The first kappa shape index (κ1) is 17.4. The number of nitrogen functional groups attached to an aromatic ring is 1. The van der Waals surface area contributed by atoms with Gasteiger partial charge in [-0.1, -0.05) is 42.5 Å². The second kappa shape index (κ2) is 7.41. The zero-order valence-electron chi connectivity index (χ0n) is 12.1. The van der Waals surface area contributed by atoms with E-state index in [1.807, 2.05) is 6.07 Å². The molecule has 0 unspecified atom stereocenters. The Labute approximate surface area is 145 Å². The Hall–Kier alpha value is -1.62. The van der Waals surface area contributed by atoms with Crippen molar-refractivity contribution in [3.8, 4) is 0 Å². The molecule has 0 amide bonds. The second-order valence-corrected chi connectivity index (χ2v) is 4.57. The van der Waals surface area contributed by atoms with Crippen molar-refractivity contribution < 1.29 is 44.3 Å². The van der Waals surface area contributed by atoms with Gasteiger partial charge in [0.15, 0.2) is 5.78 Å². The van der Waals surface area contributed by atoms with E-state index in [0.29, 0.717) is 16.7 Å². The molecule has 0 radical (unpaired) electrons. The molecule has 4 nitrogen and oxygen atoms in total. The van der Waals surface area contributed by atoms with Gasteiger partial charge in [-0.25, -0.2) is 0 Å². The van der Waals surface area contributed by atoms with Crippen LogP contribution in [-0.2, 0) is 11.2 Å². The third-order valence-electron chi connectivity index (χ3n) is 3.14. The molecule has 2 aromatic rings. The first-order chi connectivity index (χ1) is 9.50. The molecule has 2 rings (SSSR count). The zero-order valence-corrected chi connectivity index (χ0v) is 14.1. The smallest absolute Gasteiger partial charge is 0.550 e. The molecule has 0 saturated carbocycles. The number of nitrogens with two attached hydrogens (primary N) is 1. The summed E-state index contributed by atoms with van der Waals surface area (Å²) in [5.41, 5.74) is 8.17. The number of benzene rings is 2. The SMILES string of the molecule is Cc1ccc(CC(=O)[O-])c(N)c1C(=O)c1ccccc1.[Na+]. The third kappa shape index (κ3) is 3.94. The Kier molecular flexibility index (Phi) is 6.15. The van der Waals surface area contributed by atoms with E-state index in [9.17, 15) is 14.7 Å². The van der Waals surface area contributed by atoms with Crippen LogP contribution in [0.1, 0.15) is 27.0 Å². The third-order valence-corrected chi connectivity index (χ3v) is 3.14. The summed E-state index contributed by atoms with van der Waals surface area (Å²) >= 11 is 0. The number of aryl methyl sites for hydroxylation is 1. The molecule has 102 valence electrons. The number of hydrogen-bond acceptors (Lipinski definition) is 4. The molecule has 0 aliphatic rings. The molecule has 0 aromatic heterocycles. The van der Waals surface area contributed by atoms with Gasteiger partial charge in [-0.15, -0.1) is 0 Å². The fourth-order valence-electron chi connectivity index (χ4n) is 2.12. The normalized spacial score (nSPS) is 9.76. The molecule has 0 saturated heterocycles. The van der Waals surface area contributed by atoms with E-state index in [-0.39, 0.29) is 47.4 Å². The van der Waals surface area contributed by atoms with Crippen LogP contribution >= 0.6 is 0 Å². The molecule has 0 aliphatic carbocycles. The fourth-order valence-corrected chi connectivity index (χ4v) is 2.12. The monoisotopic (exact) mass is 291 g/mol. The van der Waals surface area contributed by atoms with E-state index in [1.165, 1.54) is 0 Å². The van der Waals surface area contributed by atoms with Crippen LogP contribution in [0, 0.1) is 6.92 Å². The first-order valence-corrected chi connectivity index (χ1v) is 6.18. The van der Waals surface area contributed by atoms with Crippen molar-refractivity contribution in [1.82, 2.24) is 0 Å². The maximum atomic E-state index is 12.5. The molecule has 2 aromatic carbocycles. The number of anilines is 1. The van der Waals surface area contributed by atoms with Crippen LogP contribution in [0.15, 0.2) is 42.5 Å². The first-order valence-electron chi connectivity index (χ1n) is 6.18. The quantitative estimate of drug-likeness (QED) is 0.405. The number of rotatable bonds is 4. The predicted octanol–water partition coefficient (Wildman–Crippen LogP) is -1.90. The number of carbonyl (C=O) groups excluding carboxylic acids is 2. The van der Waals surface area contributed by atoms with Gasteiger partial charge in [0.2, 0.25) is 0 Å². The van der Waals surface area contributed by atoms with E-state index in [1.54, 1.807) is 43.3 Å². The van der Waals surface area contributed by atoms with Crippen molar-refractivity contribution in [3.05, 3.63) is 64.7 Å². The summed E-state index contributed by atoms with van der Waals surface area (Å²) in [6.07, 6.45) is -0.304. The largest absolute Gasteiger partial charge is 1.00 e. The Morgan fingerprint density at radius 2 is 1.71 bits per heavy atom. The van der Waals surface area contributed by atoms with Gasteiger partial charge in [0, 0.05) is 29.2 Å². The maximum Gasteiger partial charge on any atom is 1.00 e. The average Bonchev–Trinajstić information content (AvgIpc) is 2.42. The van der Waals surface area contributed by atoms with Crippen LogP contribution in [0.3, 0.4) is 0 Å². The summed E-state index contributed by atoms with van der Waals surface area (Å²) in [6.45, 7) is 1.77. The Balaban J connectivity index is 0.00000220. The van der Waals surface area contributed by atoms with E-state index < -0.39 is 5.97 Å². The standard InChI is InChI=1S/C16H15NO3.Na/c1-10-7-8-12(9-13(18)19)15(17)14(10)16(20)11-5-3-2-4-6-11;/h2-8H,9,17H2,1H3,(H,18,19);/q;+1/p-1. The summed E-state index contributed by atoms with van der Waals surface area (Å²) < 4.78 is 0. The maximum absolute atomic E-state index is 12.5. The van der Waals surface area contributed by atoms with Gasteiger partial charge in [-0.05, 0) is 18.1 Å². The van der Waals surface area contributed by atoms with Crippen molar-refractivity contribution >= 4 is 17.4 Å². The molecule has 0 heterocycles. The van der Waals surface area contributed by atoms with Gasteiger partial charge in [0.1, 0.15) is 0 Å². The average molecular weight is 291 g/mol. The number of carboxylic acid groups (broad SMARTS) is 1. The van der Waals surface area contributed by atoms with Gasteiger partial charge in [0.05, 0.1) is 0 Å². The van der Waals surface area contributed by atoms with Crippen LogP contribution in [0.2, 0.25) is 0 Å². The van der Waals surface area contributed by atoms with Crippen LogP contribution in [0.25, 0.3) is 0 Å².